The van der Waals surface area contributed by atoms with Gasteiger partial charge in [0.05, 0.1) is 31.3 Å². The highest BCUT2D eigenvalue weighted by atomic mass is 16.5. The summed E-state index contributed by atoms with van der Waals surface area (Å²) >= 11 is 0. The van der Waals surface area contributed by atoms with E-state index in [0.717, 1.165) is 0 Å². The van der Waals surface area contributed by atoms with E-state index in [0.29, 0.717) is 0 Å². The zero-order valence-corrected chi connectivity index (χ0v) is 10.8. The Hall–Kier alpha value is -1.71. The van der Waals surface area contributed by atoms with Crippen molar-refractivity contribution in [1.82, 2.24) is 20.8 Å². The lowest BCUT2D eigenvalue weighted by Crippen LogP contribution is -2.45. The average Bonchev–Trinajstić information content (AvgIpc) is 2.84. The lowest BCUT2D eigenvalue weighted by atomic mass is 10.2. The zero-order valence-electron chi connectivity index (χ0n) is 10.8. The van der Waals surface area contributed by atoms with Gasteiger partial charge in [-0.2, -0.15) is 4.98 Å². The predicted molar refractivity (Wildman–Crippen MR) is 64.8 cm³/mol. The van der Waals surface area contributed by atoms with Crippen LogP contribution in [0.4, 0.5) is 4.79 Å². The number of hydrogen-bond acceptors (Lipinski definition) is 7. The third kappa shape index (κ3) is 4.81. The molecule has 1 aromatic heterocycles. The van der Waals surface area contributed by atoms with E-state index in [2.05, 4.69) is 20.8 Å². The van der Waals surface area contributed by atoms with Crippen LogP contribution in [0.25, 0.3) is 0 Å². The van der Waals surface area contributed by atoms with E-state index in [9.17, 15) is 9.90 Å². The maximum atomic E-state index is 11.4. The van der Waals surface area contributed by atoms with Gasteiger partial charge in [-0.15, -0.1) is 0 Å². The van der Waals surface area contributed by atoms with Crippen LogP contribution in [0.3, 0.4) is 0 Å². The normalized spacial score (nSPS) is 15.6. The molecule has 2 amide bonds. The van der Waals surface area contributed by atoms with Crippen LogP contribution >= 0.6 is 0 Å². The van der Waals surface area contributed by atoms with Crippen LogP contribution in [-0.4, -0.2) is 45.1 Å². The first-order valence-electron chi connectivity index (χ1n) is 5.85. The van der Waals surface area contributed by atoms with E-state index >= 15 is 0 Å². The zero-order chi connectivity index (χ0) is 14.4. The third-order valence-electron chi connectivity index (χ3n) is 2.49. The number of nitrogens with two attached hydrogens (primary N) is 1. The highest BCUT2D eigenvalue weighted by Gasteiger charge is 2.15. The molecule has 3 atom stereocenters. The van der Waals surface area contributed by atoms with Gasteiger partial charge in [0.15, 0.2) is 5.82 Å². The number of amides is 2. The van der Waals surface area contributed by atoms with Crippen molar-refractivity contribution in [3.63, 3.8) is 0 Å². The lowest BCUT2D eigenvalue weighted by molar-refractivity contribution is 0.152. The van der Waals surface area contributed by atoms with Crippen molar-refractivity contribution in [3.8, 4) is 0 Å². The average molecular weight is 273 g/mol. The van der Waals surface area contributed by atoms with Crippen molar-refractivity contribution in [3.05, 3.63) is 11.7 Å². The second-order valence-corrected chi connectivity index (χ2v) is 4.19. The first-order chi connectivity index (χ1) is 8.93. The lowest BCUT2D eigenvalue weighted by Gasteiger charge is -2.16. The first-order valence-corrected chi connectivity index (χ1v) is 5.85. The van der Waals surface area contributed by atoms with Crippen LogP contribution in [0.1, 0.15) is 31.6 Å². The van der Waals surface area contributed by atoms with E-state index in [4.69, 9.17) is 15.4 Å². The summed E-state index contributed by atoms with van der Waals surface area (Å²) in [6.07, 6.45) is -0.650. The van der Waals surface area contributed by atoms with Gasteiger partial charge in [0.2, 0.25) is 5.89 Å². The van der Waals surface area contributed by atoms with Gasteiger partial charge in [0.1, 0.15) is 0 Å². The molecule has 0 aliphatic rings. The van der Waals surface area contributed by atoms with E-state index in [1.807, 2.05) is 0 Å². The van der Waals surface area contributed by atoms with Gasteiger partial charge in [0, 0.05) is 0 Å². The van der Waals surface area contributed by atoms with Gasteiger partial charge >= 0.3 is 6.03 Å². The molecule has 0 spiro atoms. The second kappa shape index (κ2) is 7.02. The van der Waals surface area contributed by atoms with E-state index < -0.39 is 18.2 Å². The van der Waals surface area contributed by atoms with Gasteiger partial charge in [0.25, 0.3) is 0 Å². The Morgan fingerprint density at radius 1 is 1.53 bits per heavy atom. The Kier molecular flexibility index (Phi) is 5.67. The molecule has 6 N–H and O–H groups in total. The van der Waals surface area contributed by atoms with Gasteiger partial charge in [-0.1, -0.05) is 5.16 Å². The summed E-state index contributed by atoms with van der Waals surface area (Å²) in [5, 5.41) is 26.6. The molecule has 0 saturated heterocycles. The highest BCUT2D eigenvalue weighted by molar-refractivity contribution is 5.74. The molecule has 0 saturated carbocycles. The fourth-order valence-electron chi connectivity index (χ4n) is 1.11. The van der Waals surface area contributed by atoms with Gasteiger partial charge in [-0.3, -0.25) is 0 Å². The van der Waals surface area contributed by atoms with Crippen molar-refractivity contribution >= 4 is 6.03 Å². The maximum absolute atomic E-state index is 11.4. The van der Waals surface area contributed by atoms with Crippen LogP contribution in [0, 0.1) is 0 Å². The maximum Gasteiger partial charge on any atom is 0.315 e. The number of carbonyl (C=O) groups is 1. The molecule has 9 heteroatoms. The van der Waals surface area contributed by atoms with Crippen molar-refractivity contribution in [2.75, 3.05) is 6.61 Å². The molecule has 0 aromatic carbocycles. The predicted octanol–water partition coefficient (Wildman–Crippen LogP) is -1.37. The minimum atomic E-state index is -0.707. The molecular formula is C10H19N5O4. The number of aliphatic hydroxyl groups is 2. The summed E-state index contributed by atoms with van der Waals surface area (Å²) < 4.78 is 4.85. The number of urea groups is 1. The molecule has 1 heterocycles. The van der Waals surface area contributed by atoms with Crippen molar-refractivity contribution in [2.45, 2.75) is 38.6 Å². The monoisotopic (exact) mass is 273 g/mol. The smallest absolute Gasteiger partial charge is 0.315 e. The molecule has 0 radical (unpaired) electrons. The first kappa shape index (κ1) is 15.3. The molecule has 0 aliphatic heterocycles. The van der Waals surface area contributed by atoms with Crippen LogP contribution < -0.4 is 16.4 Å². The Morgan fingerprint density at radius 2 is 2.21 bits per heavy atom. The van der Waals surface area contributed by atoms with Crippen LogP contribution in [0.15, 0.2) is 4.52 Å². The Labute approximate surface area is 110 Å². The van der Waals surface area contributed by atoms with E-state index in [-0.39, 0.29) is 30.9 Å². The largest absolute Gasteiger partial charge is 0.394 e. The summed E-state index contributed by atoms with van der Waals surface area (Å²) in [7, 11) is 0. The standard InChI is InChI=1S/C10H19N5O4/c1-5(6(2)17)13-10(18)12-3-8-14-9(15-19-8)7(11)4-16/h5-7,16-17H,3-4,11H2,1-2H3,(H2,12,13,18). The van der Waals surface area contributed by atoms with Gasteiger partial charge < -0.3 is 31.1 Å². The van der Waals surface area contributed by atoms with Gasteiger partial charge in [-0.05, 0) is 13.8 Å². The molecule has 0 bridgehead atoms. The molecule has 9 nitrogen and oxygen atoms in total. The van der Waals surface area contributed by atoms with Crippen LogP contribution in [0.5, 0.6) is 0 Å². The summed E-state index contributed by atoms with van der Waals surface area (Å²) in [5.41, 5.74) is 5.50. The number of nitrogens with one attached hydrogen (secondary N) is 2. The number of aromatic nitrogens is 2. The summed E-state index contributed by atoms with van der Waals surface area (Å²) in [4.78, 5) is 15.4. The van der Waals surface area contributed by atoms with Gasteiger partial charge in [-0.25, -0.2) is 4.79 Å². The third-order valence-corrected chi connectivity index (χ3v) is 2.49. The molecule has 1 aromatic rings. The number of aliphatic hydroxyl groups excluding tert-OH is 2. The minimum absolute atomic E-state index is 0.0313. The Bertz CT molecular complexity index is 408. The van der Waals surface area contributed by atoms with Crippen LogP contribution in [-0.2, 0) is 6.54 Å². The number of carbonyl (C=O) groups excluding carboxylic acids is 1. The summed E-state index contributed by atoms with van der Waals surface area (Å²) in [6.45, 7) is 2.99. The molecule has 0 fully saturated rings. The van der Waals surface area contributed by atoms with Crippen LogP contribution in [0.2, 0.25) is 0 Å². The Balaban J connectivity index is 2.40. The Morgan fingerprint density at radius 3 is 2.79 bits per heavy atom. The topological polar surface area (TPSA) is 147 Å². The summed E-state index contributed by atoms with van der Waals surface area (Å²) in [6, 6.07) is -1.54. The molecular weight excluding hydrogens is 254 g/mol. The molecule has 19 heavy (non-hydrogen) atoms. The molecule has 0 aliphatic carbocycles. The SMILES string of the molecule is CC(O)C(C)NC(=O)NCc1nc(C(N)CO)no1. The minimum Gasteiger partial charge on any atom is -0.394 e. The van der Waals surface area contributed by atoms with E-state index in [1.165, 1.54) is 0 Å². The van der Waals surface area contributed by atoms with E-state index in [1.54, 1.807) is 13.8 Å². The molecule has 108 valence electrons. The van der Waals surface area contributed by atoms with Crippen molar-refractivity contribution in [2.24, 2.45) is 5.73 Å². The summed E-state index contributed by atoms with van der Waals surface area (Å²) in [5.74, 6) is 0.357. The highest BCUT2D eigenvalue weighted by Crippen LogP contribution is 2.04. The number of nitrogens with zero attached hydrogens (tertiary/aromatic N) is 2. The fraction of sp³-hybridized carbons (Fsp3) is 0.700. The molecule has 3 unspecified atom stereocenters. The quantitative estimate of drug-likeness (QED) is 0.429. The number of rotatable bonds is 6. The molecule has 1 rings (SSSR count). The second-order valence-electron chi connectivity index (χ2n) is 4.19. The van der Waals surface area contributed by atoms with Crippen molar-refractivity contribution in [1.29, 1.82) is 0 Å². The fourth-order valence-corrected chi connectivity index (χ4v) is 1.11. The van der Waals surface area contributed by atoms with Crippen molar-refractivity contribution < 1.29 is 19.5 Å². The number of hydrogen-bond donors (Lipinski definition) is 5.